The molecule has 2 aliphatic rings. The first kappa shape index (κ1) is 31.6. The molecule has 0 spiro atoms. The van der Waals surface area contributed by atoms with Crippen LogP contribution in [0.1, 0.15) is 81.1 Å². The number of carbonyl (C=O) groups excluding carboxylic acids is 3. The molecule has 2 fully saturated rings. The van der Waals surface area contributed by atoms with Gasteiger partial charge in [-0.3, -0.25) is 9.59 Å². The minimum Gasteiger partial charge on any atom is -0.471 e. The summed E-state index contributed by atoms with van der Waals surface area (Å²) >= 11 is 0. The third-order valence-electron chi connectivity index (χ3n) is 6.29. The van der Waals surface area contributed by atoms with Crippen molar-refractivity contribution < 1.29 is 28.2 Å². The summed E-state index contributed by atoms with van der Waals surface area (Å²) in [5.41, 5.74) is -0.637. The largest absolute Gasteiger partial charge is 0.471 e. The van der Waals surface area contributed by atoms with Crippen LogP contribution in [0.2, 0.25) is 0 Å². The Labute approximate surface area is 202 Å². The summed E-state index contributed by atoms with van der Waals surface area (Å²) in [6, 6.07) is -0.540. The molecule has 1 saturated heterocycles. The van der Waals surface area contributed by atoms with Gasteiger partial charge in [0.05, 0.1) is 7.11 Å². The highest BCUT2D eigenvalue weighted by Crippen LogP contribution is 2.41. The molecule has 9 heteroatoms. The van der Waals surface area contributed by atoms with E-state index >= 15 is 0 Å². The van der Waals surface area contributed by atoms with Gasteiger partial charge in [0.1, 0.15) is 17.1 Å². The smallest absolute Gasteiger partial charge is 0.408 e. The Morgan fingerprint density at radius 1 is 1.18 bits per heavy atom. The maximum absolute atomic E-state index is 14.2. The van der Waals surface area contributed by atoms with Gasteiger partial charge in [-0.15, -0.1) is 0 Å². The van der Waals surface area contributed by atoms with Crippen molar-refractivity contribution in [1.82, 2.24) is 10.2 Å². The second-order valence-corrected chi connectivity index (χ2v) is 10.9. The number of hydrogen-bond acceptors (Lipinski definition) is 5. The predicted octanol–water partition coefficient (Wildman–Crippen LogP) is 4.93. The summed E-state index contributed by atoms with van der Waals surface area (Å²) in [6.07, 6.45) is 1.31. The summed E-state index contributed by atoms with van der Waals surface area (Å²) in [5, 5.41) is 1.55. The van der Waals surface area contributed by atoms with Crippen molar-refractivity contribution in [3.05, 3.63) is 0 Å². The van der Waals surface area contributed by atoms with Crippen LogP contribution >= 0.6 is 9.24 Å². The number of hydrogen-bond donors (Lipinski definition) is 1. The summed E-state index contributed by atoms with van der Waals surface area (Å²) in [4.78, 5) is 36.6. The lowest BCUT2D eigenvalue weighted by Gasteiger charge is -2.37. The Kier molecular flexibility index (Phi) is 13.5. The molecule has 0 aromatic carbocycles. The Morgan fingerprint density at radius 2 is 1.67 bits per heavy atom. The minimum absolute atomic E-state index is 0.0651. The molecule has 4 unspecified atom stereocenters. The normalized spacial score (nSPS) is 30.0. The molecule has 1 aliphatic heterocycles. The lowest BCUT2D eigenvalue weighted by molar-refractivity contribution is -0.136. The van der Waals surface area contributed by atoms with Crippen LogP contribution in [0.25, 0.3) is 0 Å². The Bertz CT molecular complexity index is 616. The highest BCUT2D eigenvalue weighted by molar-refractivity contribution is 7.18. The van der Waals surface area contributed by atoms with Crippen LogP contribution in [0.3, 0.4) is 0 Å². The molecule has 1 heterocycles. The fraction of sp³-hybridized carbons (Fsp3) is 0.875. The van der Waals surface area contributed by atoms with Crippen molar-refractivity contribution >= 4 is 27.7 Å². The molecule has 194 valence electrons. The number of rotatable bonds is 4. The Balaban J connectivity index is 0.00000154. The second-order valence-electron chi connectivity index (χ2n) is 9.90. The van der Waals surface area contributed by atoms with Crippen molar-refractivity contribution in [1.29, 1.82) is 0 Å². The van der Waals surface area contributed by atoms with E-state index in [4.69, 9.17) is 9.53 Å². The molecule has 2 amide bonds. The summed E-state index contributed by atoms with van der Waals surface area (Å²) in [5.74, 6) is 0.688. The van der Waals surface area contributed by atoms with Crippen LogP contribution in [0.5, 0.6) is 0 Å². The number of likely N-dealkylation sites (tertiary alicyclic amines) is 1. The fourth-order valence-corrected chi connectivity index (χ4v) is 4.47. The van der Waals surface area contributed by atoms with Gasteiger partial charge in [-0.05, 0) is 71.1 Å². The van der Waals surface area contributed by atoms with E-state index in [1.54, 1.807) is 20.8 Å². The highest BCUT2D eigenvalue weighted by Gasteiger charge is 2.44. The SMILES string of the molecule is CC.CC1C(C)N(C(=O)C(NC(=O)OC(C)(C)C)C2CCC(F)(P)CC2)C[C@@H]1C.COC=O. The number of ether oxygens (including phenoxy) is 2. The molecule has 0 radical (unpaired) electrons. The van der Waals surface area contributed by atoms with Gasteiger partial charge in [0.25, 0.3) is 6.47 Å². The Hall–Kier alpha value is -1.43. The van der Waals surface area contributed by atoms with Crippen LogP contribution in [0.15, 0.2) is 0 Å². The number of alkyl carbamates (subject to hydrolysis) is 1. The molecule has 0 aromatic rings. The molecule has 1 N–H and O–H groups in total. The quantitative estimate of drug-likeness (QED) is 0.444. The van der Waals surface area contributed by atoms with Gasteiger partial charge < -0.3 is 19.7 Å². The van der Waals surface area contributed by atoms with Gasteiger partial charge >= 0.3 is 6.09 Å². The summed E-state index contributed by atoms with van der Waals surface area (Å²) in [6.45, 7) is 16.8. The minimum atomic E-state index is -1.26. The first-order valence-electron chi connectivity index (χ1n) is 12.0. The molecule has 5 atom stereocenters. The molecular formula is C24H46FN2O5P. The molecule has 33 heavy (non-hydrogen) atoms. The lowest BCUT2D eigenvalue weighted by Crippen LogP contribution is -2.55. The number of amides is 2. The van der Waals surface area contributed by atoms with Gasteiger partial charge in [-0.25, -0.2) is 9.18 Å². The van der Waals surface area contributed by atoms with Gasteiger partial charge in [0.15, 0.2) is 0 Å². The number of methoxy groups -OCH3 is 1. The average molecular weight is 493 g/mol. The van der Waals surface area contributed by atoms with Gasteiger partial charge in [-0.1, -0.05) is 36.9 Å². The highest BCUT2D eigenvalue weighted by atomic mass is 31.0. The van der Waals surface area contributed by atoms with E-state index in [-0.39, 0.29) is 17.9 Å². The molecule has 0 bridgehead atoms. The monoisotopic (exact) mass is 492 g/mol. The van der Waals surface area contributed by atoms with Crippen LogP contribution < -0.4 is 5.32 Å². The van der Waals surface area contributed by atoms with E-state index in [0.717, 1.165) is 0 Å². The zero-order valence-electron chi connectivity index (χ0n) is 21.9. The molecule has 0 aromatic heterocycles. The topological polar surface area (TPSA) is 84.9 Å². The second kappa shape index (κ2) is 14.1. The maximum atomic E-state index is 14.2. The molecule has 1 aliphatic carbocycles. The van der Waals surface area contributed by atoms with Crippen LogP contribution in [0.4, 0.5) is 9.18 Å². The Morgan fingerprint density at radius 3 is 2.03 bits per heavy atom. The van der Waals surface area contributed by atoms with E-state index in [9.17, 15) is 14.0 Å². The number of nitrogens with zero attached hydrogens (tertiary/aromatic N) is 1. The van der Waals surface area contributed by atoms with E-state index in [2.05, 4.69) is 40.1 Å². The molecule has 2 rings (SSSR count). The summed E-state index contributed by atoms with van der Waals surface area (Å²) in [7, 11) is 3.60. The summed E-state index contributed by atoms with van der Waals surface area (Å²) < 4.78 is 23.5. The number of alkyl halides is 1. The lowest BCUT2D eigenvalue weighted by atomic mass is 9.82. The van der Waals surface area contributed by atoms with Crippen LogP contribution in [-0.4, -0.2) is 60.1 Å². The van der Waals surface area contributed by atoms with Gasteiger partial charge in [0, 0.05) is 12.6 Å². The van der Waals surface area contributed by atoms with E-state index < -0.39 is 23.1 Å². The zero-order valence-corrected chi connectivity index (χ0v) is 23.1. The molecular weight excluding hydrogens is 446 g/mol. The third-order valence-corrected chi connectivity index (χ3v) is 6.86. The van der Waals surface area contributed by atoms with Crippen LogP contribution in [0, 0.1) is 17.8 Å². The fourth-order valence-electron chi connectivity index (χ4n) is 4.14. The standard InChI is InChI=1S/C20H36FN2O3P.C2H4O2.C2H6/c1-12-11-23(14(3)13(12)2)17(24)16(22-18(25)26-19(4,5)6)15-7-9-20(21,27)10-8-15;1-4-2-3;1-2/h12-16H,7-11,27H2,1-6H3,(H,22,25);2H,1H3;1-2H3/t12-,13?,14?,15?,16?,20?;;/m0../s1. The number of nitrogens with one attached hydrogen (secondary N) is 1. The number of carbonyl (C=O) groups is 3. The average Bonchev–Trinajstić information content (AvgIpc) is 2.99. The van der Waals surface area contributed by atoms with Crippen molar-refractivity contribution in [2.24, 2.45) is 17.8 Å². The van der Waals surface area contributed by atoms with Crippen molar-refractivity contribution in [2.75, 3.05) is 13.7 Å². The van der Waals surface area contributed by atoms with E-state index in [1.165, 1.54) is 7.11 Å². The molecule has 7 nitrogen and oxygen atoms in total. The maximum Gasteiger partial charge on any atom is 0.408 e. The van der Waals surface area contributed by atoms with E-state index in [0.29, 0.717) is 50.5 Å². The molecule has 1 saturated carbocycles. The predicted molar refractivity (Wildman–Crippen MR) is 133 cm³/mol. The van der Waals surface area contributed by atoms with Gasteiger partial charge in [-0.2, -0.15) is 0 Å². The van der Waals surface area contributed by atoms with Crippen LogP contribution in [-0.2, 0) is 19.1 Å². The number of halogens is 1. The van der Waals surface area contributed by atoms with Crippen molar-refractivity contribution in [3.8, 4) is 0 Å². The van der Waals surface area contributed by atoms with Crippen molar-refractivity contribution in [2.45, 2.75) is 104 Å². The van der Waals surface area contributed by atoms with Gasteiger partial charge in [0.2, 0.25) is 5.91 Å². The van der Waals surface area contributed by atoms with Crippen molar-refractivity contribution in [3.63, 3.8) is 0 Å². The first-order chi connectivity index (χ1) is 15.2. The third kappa shape index (κ3) is 10.6. The first-order valence-corrected chi connectivity index (χ1v) is 12.5. The zero-order chi connectivity index (χ0) is 26.0. The van der Waals surface area contributed by atoms with E-state index in [1.807, 2.05) is 18.7 Å².